The molecule has 0 saturated carbocycles. The number of carbonyl (C=O) groups is 1. The molecule has 0 aromatic heterocycles. The van der Waals surface area contributed by atoms with Gasteiger partial charge in [0, 0.05) is 0 Å². The summed E-state index contributed by atoms with van der Waals surface area (Å²) in [6.07, 6.45) is 2.62. The second-order valence-electron chi connectivity index (χ2n) is 4.99. The number of aryl methyl sites for hydroxylation is 1. The third kappa shape index (κ3) is 3.44. The molecular weight excluding hydrogens is 247 g/mol. The largest absolute Gasteiger partial charge is 0.394 e. The first-order chi connectivity index (χ1) is 9.10. The molecule has 3 N–H and O–H groups in total. The van der Waals surface area contributed by atoms with E-state index >= 15 is 0 Å². The highest BCUT2D eigenvalue weighted by Gasteiger charge is 2.22. The van der Waals surface area contributed by atoms with E-state index in [4.69, 9.17) is 5.11 Å². The Morgan fingerprint density at radius 1 is 1.58 bits per heavy atom. The van der Waals surface area contributed by atoms with Crippen molar-refractivity contribution < 1.29 is 14.3 Å². The van der Waals surface area contributed by atoms with Gasteiger partial charge in [0.25, 0.3) is 0 Å². The Bertz CT molecular complexity index is 465. The van der Waals surface area contributed by atoms with Gasteiger partial charge < -0.3 is 15.7 Å². The van der Waals surface area contributed by atoms with Crippen molar-refractivity contribution in [3.63, 3.8) is 0 Å². The summed E-state index contributed by atoms with van der Waals surface area (Å²) in [6, 6.07) is 4.03. The van der Waals surface area contributed by atoms with Crippen LogP contribution < -0.4 is 10.6 Å². The summed E-state index contributed by atoms with van der Waals surface area (Å²) in [5.74, 6) is -0.238. The molecule has 5 heteroatoms. The second-order valence-corrected chi connectivity index (χ2v) is 4.99. The third-order valence-corrected chi connectivity index (χ3v) is 3.38. The topological polar surface area (TPSA) is 61.4 Å². The standard InChI is InChI=1S/C14H19FN2O2/c1-9(8-18)16-14(19)17-13-4-2-3-10-7-11(15)5-6-12(10)13/h5-7,9,13,18H,2-4,8H2,1H3,(H2,16,17,19). The van der Waals surface area contributed by atoms with Crippen molar-refractivity contribution in [1.82, 2.24) is 10.6 Å². The van der Waals surface area contributed by atoms with Gasteiger partial charge in [0.2, 0.25) is 0 Å². The lowest BCUT2D eigenvalue weighted by Gasteiger charge is -2.27. The van der Waals surface area contributed by atoms with Crippen LogP contribution in [-0.4, -0.2) is 23.8 Å². The number of carbonyl (C=O) groups excluding carboxylic acids is 1. The zero-order valence-corrected chi connectivity index (χ0v) is 10.9. The lowest BCUT2D eigenvalue weighted by molar-refractivity contribution is 0.216. The van der Waals surface area contributed by atoms with Crippen LogP contribution in [0.1, 0.15) is 36.9 Å². The van der Waals surface area contributed by atoms with Gasteiger partial charge in [-0.05, 0) is 49.4 Å². The molecule has 2 unspecified atom stereocenters. The third-order valence-electron chi connectivity index (χ3n) is 3.38. The van der Waals surface area contributed by atoms with E-state index in [-0.39, 0.29) is 30.5 Å². The molecular formula is C14H19FN2O2. The van der Waals surface area contributed by atoms with E-state index in [2.05, 4.69) is 10.6 Å². The van der Waals surface area contributed by atoms with Gasteiger partial charge in [0.1, 0.15) is 5.82 Å². The normalized spacial score (nSPS) is 19.4. The van der Waals surface area contributed by atoms with Crippen molar-refractivity contribution in [2.45, 2.75) is 38.3 Å². The molecule has 1 aliphatic carbocycles. The number of hydrogen-bond donors (Lipinski definition) is 3. The lowest BCUT2D eigenvalue weighted by Crippen LogP contribution is -2.44. The molecule has 104 valence electrons. The number of fused-ring (bicyclic) bond motifs is 1. The molecule has 2 rings (SSSR count). The van der Waals surface area contributed by atoms with Gasteiger partial charge in [0.15, 0.2) is 0 Å². The average molecular weight is 266 g/mol. The predicted octanol–water partition coefficient (Wildman–Crippen LogP) is 1.88. The summed E-state index contributed by atoms with van der Waals surface area (Å²) in [5, 5.41) is 14.4. The average Bonchev–Trinajstić information content (AvgIpc) is 2.38. The minimum Gasteiger partial charge on any atom is -0.394 e. The molecule has 2 amide bonds. The first kappa shape index (κ1) is 13.8. The van der Waals surface area contributed by atoms with Crippen molar-refractivity contribution in [1.29, 1.82) is 0 Å². The molecule has 1 aromatic rings. The van der Waals surface area contributed by atoms with Gasteiger partial charge in [-0.2, -0.15) is 0 Å². The molecule has 0 aliphatic heterocycles. The minimum absolute atomic E-state index is 0.0877. The highest BCUT2D eigenvalue weighted by atomic mass is 19.1. The highest BCUT2D eigenvalue weighted by Crippen LogP contribution is 2.30. The van der Waals surface area contributed by atoms with Crippen LogP contribution in [0.4, 0.5) is 9.18 Å². The van der Waals surface area contributed by atoms with Crippen molar-refractivity contribution in [3.05, 3.63) is 35.1 Å². The molecule has 0 bridgehead atoms. The number of urea groups is 1. The fourth-order valence-electron chi connectivity index (χ4n) is 2.40. The fourth-order valence-corrected chi connectivity index (χ4v) is 2.40. The molecule has 19 heavy (non-hydrogen) atoms. The summed E-state index contributed by atoms with van der Waals surface area (Å²) in [6.45, 7) is 1.63. The lowest BCUT2D eigenvalue weighted by atomic mass is 9.87. The van der Waals surface area contributed by atoms with Gasteiger partial charge in [-0.1, -0.05) is 6.07 Å². The Balaban J connectivity index is 2.05. The molecule has 0 fully saturated rings. The van der Waals surface area contributed by atoms with Crippen LogP contribution in [0.25, 0.3) is 0 Å². The zero-order chi connectivity index (χ0) is 13.8. The molecule has 2 atom stereocenters. The van der Waals surface area contributed by atoms with Crippen LogP contribution in [0.3, 0.4) is 0 Å². The summed E-state index contributed by atoms with van der Waals surface area (Å²) >= 11 is 0. The second kappa shape index (κ2) is 6.02. The maximum atomic E-state index is 13.2. The predicted molar refractivity (Wildman–Crippen MR) is 70.3 cm³/mol. The number of nitrogens with one attached hydrogen (secondary N) is 2. The number of amides is 2. The van der Waals surface area contributed by atoms with Gasteiger partial charge in [-0.3, -0.25) is 0 Å². The smallest absolute Gasteiger partial charge is 0.315 e. The molecule has 0 heterocycles. The highest BCUT2D eigenvalue weighted by molar-refractivity contribution is 5.74. The number of aliphatic hydroxyl groups excluding tert-OH is 1. The van der Waals surface area contributed by atoms with Crippen molar-refractivity contribution in [2.75, 3.05) is 6.61 Å². The van der Waals surface area contributed by atoms with E-state index in [0.29, 0.717) is 0 Å². The zero-order valence-electron chi connectivity index (χ0n) is 10.9. The van der Waals surface area contributed by atoms with Crippen LogP contribution in [0.2, 0.25) is 0 Å². The van der Waals surface area contributed by atoms with E-state index in [1.54, 1.807) is 13.0 Å². The number of aliphatic hydroxyl groups is 1. The van der Waals surface area contributed by atoms with Crippen molar-refractivity contribution in [2.24, 2.45) is 0 Å². The van der Waals surface area contributed by atoms with E-state index in [1.807, 2.05) is 0 Å². The first-order valence-electron chi connectivity index (χ1n) is 6.56. The molecule has 1 aliphatic rings. The summed E-state index contributed by atoms with van der Waals surface area (Å²) in [5.41, 5.74) is 1.95. The van der Waals surface area contributed by atoms with Crippen LogP contribution in [0, 0.1) is 5.82 Å². The summed E-state index contributed by atoms with van der Waals surface area (Å²) < 4.78 is 13.2. The maximum absolute atomic E-state index is 13.2. The molecule has 0 saturated heterocycles. The Hall–Kier alpha value is -1.62. The monoisotopic (exact) mass is 266 g/mol. The van der Waals surface area contributed by atoms with Crippen molar-refractivity contribution >= 4 is 6.03 Å². The van der Waals surface area contributed by atoms with Crippen LogP contribution in [-0.2, 0) is 6.42 Å². The minimum atomic E-state index is -0.302. The Kier molecular flexibility index (Phi) is 4.37. The van der Waals surface area contributed by atoms with E-state index in [0.717, 1.165) is 30.4 Å². The molecule has 0 spiro atoms. The Morgan fingerprint density at radius 2 is 2.37 bits per heavy atom. The number of hydrogen-bond acceptors (Lipinski definition) is 2. The quantitative estimate of drug-likeness (QED) is 0.782. The Morgan fingerprint density at radius 3 is 3.11 bits per heavy atom. The van der Waals surface area contributed by atoms with Gasteiger partial charge >= 0.3 is 6.03 Å². The van der Waals surface area contributed by atoms with Crippen LogP contribution >= 0.6 is 0 Å². The first-order valence-corrected chi connectivity index (χ1v) is 6.56. The fraction of sp³-hybridized carbons (Fsp3) is 0.500. The van der Waals surface area contributed by atoms with Gasteiger partial charge in [0.05, 0.1) is 18.7 Å². The van der Waals surface area contributed by atoms with E-state index in [1.165, 1.54) is 12.1 Å². The summed E-state index contributed by atoms with van der Waals surface area (Å²) in [7, 11) is 0. The van der Waals surface area contributed by atoms with Gasteiger partial charge in [-0.25, -0.2) is 9.18 Å². The molecule has 0 radical (unpaired) electrons. The summed E-state index contributed by atoms with van der Waals surface area (Å²) in [4.78, 5) is 11.7. The number of halogens is 1. The number of benzene rings is 1. The van der Waals surface area contributed by atoms with E-state index in [9.17, 15) is 9.18 Å². The number of rotatable bonds is 3. The van der Waals surface area contributed by atoms with Crippen LogP contribution in [0.15, 0.2) is 18.2 Å². The molecule has 4 nitrogen and oxygen atoms in total. The van der Waals surface area contributed by atoms with Crippen molar-refractivity contribution in [3.8, 4) is 0 Å². The SMILES string of the molecule is CC(CO)NC(=O)NC1CCCc2cc(F)ccc21. The Labute approximate surface area is 112 Å². The van der Waals surface area contributed by atoms with Gasteiger partial charge in [-0.15, -0.1) is 0 Å². The van der Waals surface area contributed by atoms with Crippen LogP contribution in [0.5, 0.6) is 0 Å². The molecule has 1 aromatic carbocycles. The maximum Gasteiger partial charge on any atom is 0.315 e. The van der Waals surface area contributed by atoms with E-state index < -0.39 is 0 Å².